The fourth-order valence-electron chi connectivity index (χ4n) is 1.78. The van der Waals surface area contributed by atoms with Crippen LogP contribution < -0.4 is 5.32 Å². The molecule has 6 nitrogen and oxygen atoms in total. The zero-order valence-electron chi connectivity index (χ0n) is 13.6. The SMILES string of the molecule is CC(C)(C)OC(=O)Nc1ccc(O)c(CC(C)(C)C(=O)O)c1. The minimum Gasteiger partial charge on any atom is -0.508 e. The van der Waals surface area contributed by atoms with Gasteiger partial charge < -0.3 is 14.9 Å². The maximum absolute atomic E-state index is 11.7. The number of carbonyl (C=O) groups excluding carboxylic acids is 1. The molecule has 122 valence electrons. The smallest absolute Gasteiger partial charge is 0.412 e. The van der Waals surface area contributed by atoms with E-state index in [1.165, 1.54) is 12.1 Å². The first-order valence-electron chi connectivity index (χ1n) is 6.96. The number of phenolic OH excluding ortho intramolecular Hbond substituents is 1. The highest BCUT2D eigenvalue weighted by Gasteiger charge is 2.28. The number of aromatic hydroxyl groups is 1. The number of anilines is 1. The molecule has 0 spiro atoms. The number of aliphatic carboxylic acids is 1. The number of phenols is 1. The molecule has 0 fully saturated rings. The second kappa shape index (κ2) is 6.25. The van der Waals surface area contributed by atoms with Crippen LogP contribution in [-0.2, 0) is 16.0 Å². The van der Waals surface area contributed by atoms with Gasteiger partial charge in [0.1, 0.15) is 11.4 Å². The van der Waals surface area contributed by atoms with Crippen molar-refractivity contribution in [2.45, 2.75) is 46.6 Å². The maximum Gasteiger partial charge on any atom is 0.412 e. The van der Waals surface area contributed by atoms with Crippen molar-refractivity contribution in [3.63, 3.8) is 0 Å². The summed E-state index contributed by atoms with van der Waals surface area (Å²) in [4.78, 5) is 22.9. The van der Waals surface area contributed by atoms with Crippen molar-refractivity contribution in [1.29, 1.82) is 0 Å². The fraction of sp³-hybridized carbons (Fsp3) is 0.500. The van der Waals surface area contributed by atoms with Gasteiger partial charge in [0, 0.05) is 5.69 Å². The number of carbonyl (C=O) groups is 2. The predicted octanol–water partition coefficient (Wildman–Crippen LogP) is 3.39. The summed E-state index contributed by atoms with van der Waals surface area (Å²) in [6.07, 6.45) is -0.473. The van der Waals surface area contributed by atoms with Gasteiger partial charge in [-0.2, -0.15) is 0 Å². The van der Waals surface area contributed by atoms with Gasteiger partial charge in [-0.25, -0.2) is 4.79 Å². The van der Waals surface area contributed by atoms with Crippen LogP contribution in [0.3, 0.4) is 0 Å². The Morgan fingerprint density at radius 1 is 1.18 bits per heavy atom. The molecule has 0 radical (unpaired) electrons. The maximum atomic E-state index is 11.7. The summed E-state index contributed by atoms with van der Waals surface area (Å²) in [5.41, 5.74) is -0.763. The van der Waals surface area contributed by atoms with E-state index in [0.29, 0.717) is 11.3 Å². The van der Waals surface area contributed by atoms with Crippen LogP contribution in [0, 0.1) is 5.41 Å². The first kappa shape index (κ1) is 17.8. The van der Waals surface area contributed by atoms with Crippen LogP contribution in [0.15, 0.2) is 18.2 Å². The second-order valence-corrected chi connectivity index (χ2v) is 6.84. The Morgan fingerprint density at radius 2 is 1.77 bits per heavy atom. The molecule has 0 bridgehead atoms. The topological polar surface area (TPSA) is 95.9 Å². The van der Waals surface area contributed by atoms with E-state index in [2.05, 4.69) is 5.32 Å². The molecule has 1 amide bonds. The van der Waals surface area contributed by atoms with Gasteiger partial charge in [-0.1, -0.05) is 0 Å². The molecule has 1 aromatic rings. The van der Waals surface area contributed by atoms with Crippen molar-refractivity contribution in [2.24, 2.45) is 5.41 Å². The van der Waals surface area contributed by atoms with E-state index < -0.39 is 23.1 Å². The molecular formula is C16H23NO5. The summed E-state index contributed by atoms with van der Waals surface area (Å²) < 4.78 is 5.14. The van der Waals surface area contributed by atoms with Gasteiger partial charge in [-0.3, -0.25) is 10.1 Å². The lowest BCUT2D eigenvalue weighted by Gasteiger charge is -2.21. The molecule has 0 saturated carbocycles. The molecule has 1 aromatic carbocycles. The molecule has 0 aliphatic carbocycles. The number of hydrogen-bond donors (Lipinski definition) is 3. The van der Waals surface area contributed by atoms with Gasteiger partial charge in [0.15, 0.2) is 0 Å². The summed E-state index contributed by atoms with van der Waals surface area (Å²) in [7, 11) is 0. The van der Waals surface area contributed by atoms with Gasteiger partial charge in [0.2, 0.25) is 0 Å². The van der Waals surface area contributed by atoms with E-state index in [9.17, 15) is 14.7 Å². The van der Waals surface area contributed by atoms with E-state index in [0.717, 1.165) is 0 Å². The molecule has 0 atom stereocenters. The van der Waals surface area contributed by atoms with Gasteiger partial charge >= 0.3 is 12.1 Å². The van der Waals surface area contributed by atoms with Gasteiger partial charge in [-0.15, -0.1) is 0 Å². The third-order valence-corrected chi connectivity index (χ3v) is 2.94. The summed E-state index contributed by atoms with van der Waals surface area (Å²) in [5, 5.41) is 21.6. The summed E-state index contributed by atoms with van der Waals surface area (Å²) in [5.74, 6) is -0.971. The number of carboxylic acid groups (broad SMARTS) is 1. The number of ether oxygens (including phenoxy) is 1. The highest BCUT2D eigenvalue weighted by Crippen LogP contribution is 2.29. The zero-order valence-corrected chi connectivity index (χ0v) is 13.6. The third-order valence-electron chi connectivity index (χ3n) is 2.94. The van der Waals surface area contributed by atoms with Crippen molar-refractivity contribution in [3.8, 4) is 5.75 Å². The normalized spacial score (nSPS) is 11.9. The van der Waals surface area contributed by atoms with Crippen molar-refractivity contribution >= 4 is 17.7 Å². The molecule has 0 aliphatic heterocycles. The second-order valence-electron chi connectivity index (χ2n) is 6.84. The van der Waals surface area contributed by atoms with Crippen LogP contribution in [0.5, 0.6) is 5.75 Å². The Morgan fingerprint density at radius 3 is 2.27 bits per heavy atom. The van der Waals surface area contributed by atoms with E-state index in [-0.39, 0.29) is 12.2 Å². The van der Waals surface area contributed by atoms with Crippen LogP contribution in [-0.4, -0.2) is 27.9 Å². The molecule has 0 unspecified atom stereocenters. The van der Waals surface area contributed by atoms with Crippen molar-refractivity contribution in [1.82, 2.24) is 0 Å². The molecule has 0 saturated heterocycles. The highest BCUT2D eigenvalue weighted by molar-refractivity contribution is 5.85. The molecular weight excluding hydrogens is 286 g/mol. The largest absolute Gasteiger partial charge is 0.508 e. The van der Waals surface area contributed by atoms with Crippen LogP contribution >= 0.6 is 0 Å². The van der Waals surface area contributed by atoms with E-state index in [1.807, 2.05) is 0 Å². The molecule has 6 heteroatoms. The number of carboxylic acids is 1. The molecule has 3 N–H and O–H groups in total. The Kier molecular flexibility index (Phi) is 5.06. The number of amides is 1. The quantitative estimate of drug-likeness (QED) is 0.741. The van der Waals surface area contributed by atoms with Crippen molar-refractivity contribution in [3.05, 3.63) is 23.8 Å². The van der Waals surface area contributed by atoms with Gasteiger partial charge in [0.05, 0.1) is 5.41 Å². The lowest BCUT2D eigenvalue weighted by Crippen LogP contribution is -2.27. The molecule has 0 heterocycles. The zero-order chi connectivity index (χ0) is 17.1. The first-order valence-corrected chi connectivity index (χ1v) is 6.96. The fourth-order valence-corrected chi connectivity index (χ4v) is 1.78. The minimum atomic E-state index is -1.03. The van der Waals surface area contributed by atoms with Gasteiger partial charge in [0.25, 0.3) is 0 Å². The highest BCUT2D eigenvalue weighted by atomic mass is 16.6. The standard InChI is InChI=1S/C16H23NO5/c1-15(2,3)22-14(21)17-11-6-7-12(18)10(8-11)9-16(4,5)13(19)20/h6-8,18H,9H2,1-5H3,(H,17,21)(H,19,20). The van der Waals surface area contributed by atoms with Gasteiger partial charge in [-0.05, 0) is 64.8 Å². The minimum absolute atomic E-state index is 0.0101. The van der Waals surface area contributed by atoms with Crippen molar-refractivity contribution < 1.29 is 24.5 Å². The first-order chi connectivity index (χ1) is 9.90. The number of rotatable bonds is 4. The molecule has 0 aromatic heterocycles. The number of benzene rings is 1. The Hall–Kier alpha value is -2.24. The Bertz CT molecular complexity index is 572. The molecule has 22 heavy (non-hydrogen) atoms. The third kappa shape index (κ3) is 5.27. The predicted molar refractivity (Wildman–Crippen MR) is 83.1 cm³/mol. The van der Waals surface area contributed by atoms with E-state index in [4.69, 9.17) is 9.84 Å². The van der Waals surface area contributed by atoms with Crippen molar-refractivity contribution in [2.75, 3.05) is 5.32 Å². The van der Waals surface area contributed by atoms with Crippen LogP contribution in [0.1, 0.15) is 40.2 Å². The van der Waals surface area contributed by atoms with E-state index >= 15 is 0 Å². The molecule has 0 aliphatic rings. The average molecular weight is 309 g/mol. The number of hydrogen-bond acceptors (Lipinski definition) is 4. The number of nitrogens with one attached hydrogen (secondary N) is 1. The average Bonchev–Trinajstić information content (AvgIpc) is 2.30. The lowest BCUT2D eigenvalue weighted by molar-refractivity contribution is -0.146. The van der Waals surface area contributed by atoms with Crippen LogP contribution in [0.4, 0.5) is 10.5 Å². The summed E-state index contributed by atoms with van der Waals surface area (Å²) >= 11 is 0. The lowest BCUT2D eigenvalue weighted by atomic mass is 9.85. The van der Waals surface area contributed by atoms with Crippen LogP contribution in [0.2, 0.25) is 0 Å². The monoisotopic (exact) mass is 309 g/mol. The Balaban J connectivity index is 2.91. The van der Waals surface area contributed by atoms with Crippen LogP contribution in [0.25, 0.3) is 0 Å². The molecule has 1 rings (SSSR count). The summed E-state index contributed by atoms with van der Waals surface area (Å²) in [6.45, 7) is 8.41. The Labute approximate surface area is 130 Å². The van der Waals surface area contributed by atoms with E-state index in [1.54, 1.807) is 40.7 Å². The summed E-state index contributed by atoms with van der Waals surface area (Å²) in [6, 6.07) is 4.49.